The summed E-state index contributed by atoms with van der Waals surface area (Å²) in [6, 6.07) is 8.79. The number of rotatable bonds is 4. The number of alkyl carbamates (subject to hydrolysis) is 1. The second-order valence-electron chi connectivity index (χ2n) is 6.87. The molecule has 0 saturated carbocycles. The first-order chi connectivity index (χ1) is 12.4. The number of likely N-dealkylation sites (tertiary alicyclic amines) is 2. The van der Waals surface area contributed by atoms with E-state index in [4.69, 9.17) is 0 Å². The van der Waals surface area contributed by atoms with Crippen LogP contribution in [0, 0.1) is 0 Å². The smallest absolute Gasteiger partial charge is 0.407 e. The lowest BCUT2D eigenvalue weighted by molar-refractivity contribution is -0.151. The number of nitrogens with zero attached hydrogens (tertiary/aromatic N) is 2. The Hall–Kier alpha value is -2.22. The third-order valence-electron chi connectivity index (χ3n) is 4.93. The summed E-state index contributed by atoms with van der Waals surface area (Å²) in [4.78, 5) is 27.2. The molecule has 1 N–H and O–H groups in total. The number of ether oxygens (including phenoxy) is 1. The molecule has 3 rings (SSSR count). The third kappa shape index (κ3) is 4.30. The van der Waals surface area contributed by atoms with Crippen molar-refractivity contribution in [2.75, 3.05) is 26.7 Å². The molecule has 2 fully saturated rings. The zero-order chi connectivity index (χ0) is 18.7. The molecule has 2 saturated heterocycles. The topological polar surface area (TPSA) is 61.9 Å². The standard InChI is InChI=1S/C18H23F2N3O3/c1-26-17(25)21-14-10-22(9-13-5-3-2-4-6-13)11-15(14)23-12-18(19,20)8-7-16(23)24/h2-6,14-15H,7-12H2,1H3,(H,21,25)/t14-,15-/m0/s1. The molecule has 142 valence electrons. The second-order valence-corrected chi connectivity index (χ2v) is 6.87. The number of alkyl halides is 2. The molecule has 1 aromatic rings. The van der Waals surface area contributed by atoms with Crippen molar-refractivity contribution in [1.82, 2.24) is 15.1 Å². The van der Waals surface area contributed by atoms with Gasteiger partial charge in [0.2, 0.25) is 5.91 Å². The van der Waals surface area contributed by atoms with Crippen molar-refractivity contribution in [3.05, 3.63) is 35.9 Å². The van der Waals surface area contributed by atoms with Gasteiger partial charge in [-0.05, 0) is 5.56 Å². The summed E-state index contributed by atoms with van der Waals surface area (Å²) in [7, 11) is 1.25. The van der Waals surface area contributed by atoms with Gasteiger partial charge in [0.15, 0.2) is 0 Å². The molecular formula is C18H23F2N3O3. The molecule has 26 heavy (non-hydrogen) atoms. The Kier molecular flexibility index (Phi) is 5.41. The predicted molar refractivity (Wildman–Crippen MR) is 90.7 cm³/mol. The van der Waals surface area contributed by atoms with Gasteiger partial charge < -0.3 is 15.0 Å². The zero-order valence-electron chi connectivity index (χ0n) is 14.7. The van der Waals surface area contributed by atoms with E-state index in [0.717, 1.165) is 5.56 Å². The highest BCUT2D eigenvalue weighted by Crippen LogP contribution is 2.31. The van der Waals surface area contributed by atoms with E-state index in [-0.39, 0.29) is 12.3 Å². The van der Waals surface area contributed by atoms with E-state index in [9.17, 15) is 18.4 Å². The van der Waals surface area contributed by atoms with Crippen LogP contribution >= 0.6 is 0 Å². The molecule has 2 amide bonds. The van der Waals surface area contributed by atoms with Crippen molar-refractivity contribution < 1.29 is 23.1 Å². The summed E-state index contributed by atoms with van der Waals surface area (Å²) in [6.07, 6.45) is -1.22. The number of amides is 2. The summed E-state index contributed by atoms with van der Waals surface area (Å²) in [5.41, 5.74) is 1.08. The van der Waals surface area contributed by atoms with Crippen LogP contribution in [0.5, 0.6) is 0 Å². The summed E-state index contributed by atoms with van der Waals surface area (Å²) < 4.78 is 32.4. The van der Waals surface area contributed by atoms with Crippen molar-refractivity contribution in [3.8, 4) is 0 Å². The Balaban J connectivity index is 1.75. The Morgan fingerprint density at radius 2 is 2.04 bits per heavy atom. The van der Waals surface area contributed by atoms with Crippen LogP contribution in [0.15, 0.2) is 30.3 Å². The van der Waals surface area contributed by atoms with Gasteiger partial charge in [-0.15, -0.1) is 0 Å². The molecule has 0 spiro atoms. The highest BCUT2D eigenvalue weighted by Gasteiger charge is 2.46. The minimum absolute atomic E-state index is 0.173. The SMILES string of the molecule is COC(=O)N[C@H]1CN(Cc2ccccc2)C[C@@H]1N1CC(F)(F)CCC1=O. The first kappa shape index (κ1) is 18.6. The number of methoxy groups -OCH3 is 1. The number of carbonyl (C=O) groups is 2. The molecule has 1 aromatic carbocycles. The minimum Gasteiger partial charge on any atom is -0.453 e. The van der Waals surface area contributed by atoms with Gasteiger partial charge in [0, 0.05) is 32.5 Å². The van der Waals surface area contributed by atoms with Gasteiger partial charge in [-0.1, -0.05) is 30.3 Å². The van der Waals surface area contributed by atoms with Crippen LogP contribution in [0.2, 0.25) is 0 Å². The van der Waals surface area contributed by atoms with Crippen molar-refractivity contribution >= 4 is 12.0 Å². The largest absolute Gasteiger partial charge is 0.453 e. The van der Waals surface area contributed by atoms with Gasteiger partial charge in [0.25, 0.3) is 5.92 Å². The summed E-state index contributed by atoms with van der Waals surface area (Å²) in [6.45, 7) is 0.902. The Labute approximate surface area is 151 Å². The summed E-state index contributed by atoms with van der Waals surface area (Å²) >= 11 is 0. The van der Waals surface area contributed by atoms with Crippen LogP contribution < -0.4 is 5.32 Å². The van der Waals surface area contributed by atoms with Crippen LogP contribution in [0.3, 0.4) is 0 Å². The number of hydrogen-bond acceptors (Lipinski definition) is 4. The molecule has 8 heteroatoms. The molecular weight excluding hydrogens is 344 g/mol. The fourth-order valence-electron chi connectivity index (χ4n) is 3.66. The van der Waals surface area contributed by atoms with Gasteiger partial charge in [-0.25, -0.2) is 13.6 Å². The second kappa shape index (κ2) is 7.57. The molecule has 0 radical (unpaired) electrons. The highest BCUT2D eigenvalue weighted by atomic mass is 19.3. The summed E-state index contributed by atoms with van der Waals surface area (Å²) in [5, 5.41) is 2.70. The van der Waals surface area contributed by atoms with E-state index in [2.05, 4.69) is 15.0 Å². The van der Waals surface area contributed by atoms with E-state index in [1.54, 1.807) is 0 Å². The average molecular weight is 367 g/mol. The van der Waals surface area contributed by atoms with E-state index in [1.807, 2.05) is 30.3 Å². The maximum absolute atomic E-state index is 13.9. The van der Waals surface area contributed by atoms with Gasteiger partial charge in [0.05, 0.1) is 25.7 Å². The number of hydrogen-bond donors (Lipinski definition) is 1. The fourth-order valence-corrected chi connectivity index (χ4v) is 3.66. The molecule has 2 atom stereocenters. The highest BCUT2D eigenvalue weighted by molar-refractivity contribution is 5.78. The van der Waals surface area contributed by atoms with E-state index < -0.39 is 37.1 Å². The first-order valence-corrected chi connectivity index (χ1v) is 8.66. The van der Waals surface area contributed by atoms with Gasteiger partial charge in [-0.3, -0.25) is 9.69 Å². The van der Waals surface area contributed by atoms with Crippen LogP contribution in [-0.4, -0.2) is 66.6 Å². The van der Waals surface area contributed by atoms with Gasteiger partial charge in [-0.2, -0.15) is 0 Å². The maximum Gasteiger partial charge on any atom is 0.407 e. The number of nitrogens with one attached hydrogen (secondary N) is 1. The van der Waals surface area contributed by atoms with Crippen LogP contribution in [0.4, 0.5) is 13.6 Å². The molecule has 0 aromatic heterocycles. The number of halogens is 2. The van der Waals surface area contributed by atoms with E-state index >= 15 is 0 Å². The number of piperidine rings is 1. The van der Waals surface area contributed by atoms with Crippen LogP contribution in [0.25, 0.3) is 0 Å². The normalized spacial score (nSPS) is 26.0. The Morgan fingerprint density at radius 3 is 2.73 bits per heavy atom. The zero-order valence-corrected chi connectivity index (χ0v) is 14.7. The monoisotopic (exact) mass is 367 g/mol. The third-order valence-corrected chi connectivity index (χ3v) is 4.93. The predicted octanol–water partition coefficient (Wildman–Crippen LogP) is 1.85. The van der Waals surface area contributed by atoms with Gasteiger partial charge >= 0.3 is 6.09 Å². The van der Waals surface area contributed by atoms with Crippen LogP contribution in [-0.2, 0) is 16.1 Å². The minimum atomic E-state index is -2.89. The molecule has 0 bridgehead atoms. The van der Waals surface area contributed by atoms with Crippen LogP contribution in [0.1, 0.15) is 18.4 Å². The molecule has 2 aliphatic heterocycles. The van der Waals surface area contributed by atoms with Crippen molar-refractivity contribution in [3.63, 3.8) is 0 Å². The molecule has 0 unspecified atom stereocenters. The Bertz CT molecular complexity index is 656. The lowest BCUT2D eigenvalue weighted by atomic mass is 10.0. The van der Waals surface area contributed by atoms with E-state index in [0.29, 0.717) is 19.6 Å². The molecule has 2 heterocycles. The number of carbonyl (C=O) groups excluding carboxylic acids is 2. The molecule has 2 aliphatic rings. The van der Waals surface area contributed by atoms with E-state index in [1.165, 1.54) is 12.0 Å². The lowest BCUT2D eigenvalue weighted by Gasteiger charge is -2.38. The molecule has 6 nitrogen and oxygen atoms in total. The maximum atomic E-state index is 13.9. The fraction of sp³-hybridized carbons (Fsp3) is 0.556. The first-order valence-electron chi connectivity index (χ1n) is 8.66. The van der Waals surface area contributed by atoms with Crippen molar-refractivity contribution in [2.24, 2.45) is 0 Å². The van der Waals surface area contributed by atoms with Gasteiger partial charge in [0.1, 0.15) is 0 Å². The lowest BCUT2D eigenvalue weighted by Crippen LogP contribution is -2.58. The number of benzene rings is 1. The molecule has 0 aliphatic carbocycles. The van der Waals surface area contributed by atoms with Crippen molar-refractivity contribution in [1.29, 1.82) is 0 Å². The quantitative estimate of drug-likeness (QED) is 0.882. The average Bonchev–Trinajstić information content (AvgIpc) is 3.00. The summed E-state index contributed by atoms with van der Waals surface area (Å²) in [5.74, 6) is -3.18. The Morgan fingerprint density at radius 1 is 1.31 bits per heavy atom. The van der Waals surface area contributed by atoms with Crippen molar-refractivity contribution in [2.45, 2.75) is 37.4 Å².